The molecule has 0 aromatic rings. The summed E-state index contributed by atoms with van der Waals surface area (Å²) in [4.78, 5) is 11.7. The van der Waals surface area contributed by atoms with Crippen molar-refractivity contribution in [1.82, 2.24) is 0 Å². The molecule has 3 nitrogen and oxygen atoms in total. The number of hydrogen-bond acceptors (Lipinski definition) is 3. The first-order valence-corrected chi connectivity index (χ1v) is 7.05. The largest absolute Gasteiger partial charge is 0.342 e. The van der Waals surface area contributed by atoms with E-state index in [1.54, 1.807) is 12.2 Å². The molecule has 0 aromatic heterocycles. The molecule has 3 heteroatoms. The van der Waals surface area contributed by atoms with E-state index in [0.717, 1.165) is 6.42 Å². The second kappa shape index (κ2) is 5.98. The number of hydrogen-bond donors (Lipinski definition) is 0. The Morgan fingerprint density at radius 2 is 2.17 bits per heavy atom. The van der Waals surface area contributed by atoms with Crippen LogP contribution < -0.4 is 0 Å². The molecule has 2 aliphatic rings. The van der Waals surface area contributed by atoms with Crippen LogP contribution in [0.1, 0.15) is 40.0 Å². The number of carbonyl (C=O) groups is 1. The third kappa shape index (κ3) is 3.21. The molecule has 1 fully saturated rings. The van der Waals surface area contributed by atoms with E-state index in [-0.39, 0.29) is 11.9 Å². The molecule has 1 aliphatic heterocycles. The molecule has 0 N–H and O–H groups in total. The van der Waals surface area contributed by atoms with Crippen molar-refractivity contribution in [2.75, 3.05) is 6.61 Å². The minimum atomic E-state index is -0.674. The van der Waals surface area contributed by atoms with Gasteiger partial charge in [0.15, 0.2) is 0 Å². The van der Waals surface area contributed by atoms with Crippen LogP contribution in [0.5, 0.6) is 0 Å². The Morgan fingerprint density at radius 3 is 2.83 bits per heavy atom. The molecule has 4 atom stereocenters. The lowest BCUT2D eigenvalue weighted by atomic mass is 9.75. The SMILES string of the molecule is CC(C)[C@@H]1CC[C@@H](C)C[C@H]1O[C@H]1OCC=CC1=O. The van der Waals surface area contributed by atoms with Crippen molar-refractivity contribution in [3.63, 3.8) is 0 Å². The summed E-state index contributed by atoms with van der Waals surface area (Å²) < 4.78 is 11.4. The average molecular weight is 252 g/mol. The van der Waals surface area contributed by atoms with Crippen LogP contribution >= 0.6 is 0 Å². The lowest BCUT2D eigenvalue weighted by molar-refractivity contribution is -0.194. The molecule has 1 heterocycles. The smallest absolute Gasteiger partial charge is 0.222 e. The molecular formula is C15H24O3. The molecule has 0 radical (unpaired) electrons. The van der Waals surface area contributed by atoms with E-state index < -0.39 is 6.29 Å². The first-order valence-electron chi connectivity index (χ1n) is 7.05. The molecule has 0 amide bonds. The Labute approximate surface area is 110 Å². The van der Waals surface area contributed by atoms with Gasteiger partial charge in [0.2, 0.25) is 12.1 Å². The summed E-state index contributed by atoms with van der Waals surface area (Å²) in [6.07, 6.45) is 6.30. The van der Waals surface area contributed by atoms with Gasteiger partial charge < -0.3 is 9.47 Å². The summed E-state index contributed by atoms with van der Waals surface area (Å²) >= 11 is 0. The van der Waals surface area contributed by atoms with Gasteiger partial charge in [0, 0.05) is 0 Å². The Morgan fingerprint density at radius 1 is 1.39 bits per heavy atom. The number of rotatable bonds is 3. The van der Waals surface area contributed by atoms with Crippen molar-refractivity contribution in [2.45, 2.75) is 52.4 Å². The third-order valence-corrected chi connectivity index (χ3v) is 4.12. The van der Waals surface area contributed by atoms with E-state index in [4.69, 9.17) is 9.47 Å². The fourth-order valence-corrected chi connectivity index (χ4v) is 3.00. The lowest BCUT2D eigenvalue weighted by Gasteiger charge is -2.38. The zero-order valence-corrected chi connectivity index (χ0v) is 11.6. The highest BCUT2D eigenvalue weighted by Gasteiger charge is 2.35. The van der Waals surface area contributed by atoms with Crippen molar-refractivity contribution in [1.29, 1.82) is 0 Å². The van der Waals surface area contributed by atoms with Crippen LogP contribution in [0.2, 0.25) is 0 Å². The normalized spacial score (nSPS) is 37.2. The van der Waals surface area contributed by atoms with Crippen LogP contribution in [-0.2, 0) is 14.3 Å². The second-order valence-electron chi connectivity index (χ2n) is 5.97. The zero-order chi connectivity index (χ0) is 13.1. The van der Waals surface area contributed by atoms with E-state index in [9.17, 15) is 4.79 Å². The van der Waals surface area contributed by atoms with Crippen molar-refractivity contribution in [2.24, 2.45) is 17.8 Å². The molecule has 0 spiro atoms. The van der Waals surface area contributed by atoms with Gasteiger partial charge in [-0.05, 0) is 36.7 Å². The minimum absolute atomic E-state index is 0.0537. The summed E-state index contributed by atoms with van der Waals surface area (Å²) in [6.45, 7) is 7.21. The van der Waals surface area contributed by atoms with Crippen LogP contribution in [-0.4, -0.2) is 24.8 Å². The van der Waals surface area contributed by atoms with E-state index in [1.807, 2.05) is 0 Å². The van der Waals surface area contributed by atoms with Crippen molar-refractivity contribution in [3.05, 3.63) is 12.2 Å². The summed E-state index contributed by atoms with van der Waals surface area (Å²) in [7, 11) is 0. The van der Waals surface area contributed by atoms with E-state index in [0.29, 0.717) is 24.4 Å². The molecule has 102 valence electrons. The topological polar surface area (TPSA) is 35.5 Å². The fourth-order valence-electron chi connectivity index (χ4n) is 3.00. The van der Waals surface area contributed by atoms with Crippen LogP contribution in [0.4, 0.5) is 0 Å². The van der Waals surface area contributed by atoms with Crippen LogP contribution in [0.15, 0.2) is 12.2 Å². The molecular weight excluding hydrogens is 228 g/mol. The number of ether oxygens (including phenoxy) is 2. The van der Waals surface area contributed by atoms with Gasteiger partial charge in [0.1, 0.15) is 0 Å². The highest BCUT2D eigenvalue weighted by Crippen LogP contribution is 2.36. The highest BCUT2D eigenvalue weighted by molar-refractivity contribution is 5.93. The number of carbonyl (C=O) groups excluding carboxylic acids is 1. The Hall–Kier alpha value is -0.670. The maximum absolute atomic E-state index is 11.7. The third-order valence-electron chi connectivity index (χ3n) is 4.12. The molecule has 0 saturated heterocycles. The van der Waals surface area contributed by atoms with Gasteiger partial charge in [0.05, 0.1) is 12.7 Å². The fraction of sp³-hybridized carbons (Fsp3) is 0.800. The Balaban J connectivity index is 1.99. The molecule has 1 saturated carbocycles. The predicted octanol–water partition coefficient (Wildman–Crippen LogP) is 2.95. The molecule has 0 bridgehead atoms. The monoisotopic (exact) mass is 252 g/mol. The Bertz CT molecular complexity index is 322. The molecule has 0 unspecified atom stereocenters. The van der Waals surface area contributed by atoms with E-state index in [2.05, 4.69) is 20.8 Å². The van der Waals surface area contributed by atoms with Gasteiger partial charge in [-0.3, -0.25) is 4.79 Å². The van der Waals surface area contributed by atoms with Crippen LogP contribution in [0.3, 0.4) is 0 Å². The molecule has 1 aliphatic carbocycles. The Kier molecular flexibility index (Phi) is 4.57. The van der Waals surface area contributed by atoms with E-state index >= 15 is 0 Å². The molecule has 2 rings (SSSR count). The van der Waals surface area contributed by atoms with Gasteiger partial charge in [-0.2, -0.15) is 0 Å². The lowest BCUT2D eigenvalue weighted by Crippen LogP contribution is -2.40. The summed E-state index contributed by atoms with van der Waals surface area (Å²) in [5.74, 6) is 1.77. The summed E-state index contributed by atoms with van der Waals surface area (Å²) in [5, 5.41) is 0. The predicted molar refractivity (Wildman–Crippen MR) is 70.1 cm³/mol. The van der Waals surface area contributed by atoms with Crippen LogP contribution in [0.25, 0.3) is 0 Å². The number of ketones is 1. The van der Waals surface area contributed by atoms with Gasteiger partial charge in [-0.1, -0.05) is 33.3 Å². The summed E-state index contributed by atoms with van der Waals surface area (Å²) in [6, 6.07) is 0. The van der Waals surface area contributed by atoms with Crippen molar-refractivity contribution < 1.29 is 14.3 Å². The van der Waals surface area contributed by atoms with Gasteiger partial charge in [0.25, 0.3) is 0 Å². The quantitative estimate of drug-likeness (QED) is 0.774. The van der Waals surface area contributed by atoms with Crippen molar-refractivity contribution >= 4 is 5.78 Å². The summed E-state index contributed by atoms with van der Waals surface area (Å²) in [5.41, 5.74) is 0. The van der Waals surface area contributed by atoms with Gasteiger partial charge in [-0.15, -0.1) is 0 Å². The second-order valence-corrected chi connectivity index (χ2v) is 5.97. The zero-order valence-electron chi connectivity index (χ0n) is 11.6. The first-order chi connectivity index (χ1) is 8.58. The van der Waals surface area contributed by atoms with Gasteiger partial charge >= 0.3 is 0 Å². The average Bonchev–Trinajstić information content (AvgIpc) is 2.32. The molecule has 0 aromatic carbocycles. The maximum atomic E-state index is 11.7. The van der Waals surface area contributed by atoms with Crippen molar-refractivity contribution in [3.8, 4) is 0 Å². The van der Waals surface area contributed by atoms with Crippen LogP contribution in [0, 0.1) is 17.8 Å². The standard InChI is InChI=1S/C15H24O3/c1-10(2)12-7-6-11(3)9-14(12)18-15-13(16)5-4-8-17-15/h4-5,10-12,14-15H,6-9H2,1-3H3/t11-,12+,14-,15-/m1/s1. The maximum Gasteiger partial charge on any atom is 0.222 e. The first kappa shape index (κ1) is 13.8. The minimum Gasteiger partial charge on any atom is -0.342 e. The molecule has 18 heavy (non-hydrogen) atoms. The highest BCUT2D eigenvalue weighted by atomic mass is 16.7. The van der Waals surface area contributed by atoms with E-state index in [1.165, 1.54) is 12.8 Å². The van der Waals surface area contributed by atoms with Gasteiger partial charge in [-0.25, -0.2) is 0 Å².